The summed E-state index contributed by atoms with van der Waals surface area (Å²) < 4.78 is 5.89. The molecule has 0 spiro atoms. The Labute approximate surface area is 159 Å². The summed E-state index contributed by atoms with van der Waals surface area (Å²) in [5, 5.41) is 0. The lowest BCUT2D eigenvalue weighted by molar-refractivity contribution is -0.164. The molecule has 0 N–H and O–H groups in total. The molecule has 1 aromatic rings. The van der Waals surface area contributed by atoms with E-state index in [1.807, 2.05) is 0 Å². The smallest absolute Gasteiger partial charge is 0.309 e. The van der Waals surface area contributed by atoms with Gasteiger partial charge < -0.3 is 4.74 Å². The van der Waals surface area contributed by atoms with Crippen LogP contribution in [0.1, 0.15) is 95.3 Å². The van der Waals surface area contributed by atoms with E-state index in [4.69, 9.17) is 4.74 Å². The summed E-state index contributed by atoms with van der Waals surface area (Å²) in [5.41, 5.74) is 2.57. The summed E-state index contributed by atoms with van der Waals surface area (Å²) >= 11 is 0. The Hall–Kier alpha value is -1.31. The van der Waals surface area contributed by atoms with E-state index in [0.29, 0.717) is 5.92 Å². The average Bonchev–Trinajstić information content (AvgIpc) is 2.69. The van der Waals surface area contributed by atoms with E-state index in [0.717, 1.165) is 25.2 Å². The third-order valence-corrected chi connectivity index (χ3v) is 6.76. The van der Waals surface area contributed by atoms with Crippen LogP contribution >= 0.6 is 0 Å². The second-order valence-electron chi connectivity index (χ2n) is 8.50. The van der Waals surface area contributed by atoms with Crippen LogP contribution < -0.4 is 0 Å². The second kappa shape index (κ2) is 9.58. The minimum absolute atomic E-state index is 0.0320. The summed E-state index contributed by atoms with van der Waals surface area (Å²) in [4.78, 5) is 12.6. The highest BCUT2D eigenvalue weighted by atomic mass is 16.5. The number of carbonyl (C=O) groups excluding carboxylic acids is 1. The molecule has 2 aliphatic rings. The number of aryl methyl sites for hydroxylation is 1. The van der Waals surface area contributed by atoms with Crippen molar-refractivity contribution >= 4 is 5.97 Å². The predicted octanol–water partition coefficient (Wildman–Crippen LogP) is 6.63. The fourth-order valence-corrected chi connectivity index (χ4v) is 4.88. The van der Waals surface area contributed by atoms with Crippen LogP contribution in [0.25, 0.3) is 0 Å². The summed E-state index contributed by atoms with van der Waals surface area (Å²) in [6.07, 6.45) is 13.3. The SMILES string of the molecule is CCCCCc1ccc(C2CCC(C3CCC(CC)CC3)C(=O)O2)cc1. The normalized spacial score (nSPS) is 29.4. The van der Waals surface area contributed by atoms with Crippen molar-refractivity contribution in [1.29, 1.82) is 0 Å². The molecular formula is C24H36O2. The number of carbonyl (C=O) groups is 1. The zero-order chi connectivity index (χ0) is 18.4. The Morgan fingerprint density at radius 2 is 1.65 bits per heavy atom. The Balaban J connectivity index is 1.51. The number of rotatable bonds is 7. The van der Waals surface area contributed by atoms with Crippen LogP contribution in [0.3, 0.4) is 0 Å². The van der Waals surface area contributed by atoms with Gasteiger partial charge in [0, 0.05) is 0 Å². The van der Waals surface area contributed by atoms with Crippen molar-refractivity contribution in [3.63, 3.8) is 0 Å². The molecule has 26 heavy (non-hydrogen) atoms. The molecule has 2 atom stereocenters. The molecule has 3 rings (SSSR count). The maximum atomic E-state index is 12.6. The molecule has 2 unspecified atom stereocenters. The lowest BCUT2D eigenvalue weighted by Gasteiger charge is -2.36. The van der Waals surface area contributed by atoms with E-state index in [1.165, 1.54) is 62.5 Å². The first kappa shape index (κ1) is 19.5. The molecule has 1 saturated heterocycles. The fourth-order valence-electron chi connectivity index (χ4n) is 4.88. The predicted molar refractivity (Wildman–Crippen MR) is 107 cm³/mol. The van der Waals surface area contributed by atoms with Crippen molar-refractivity contribution in [2.45, 2.75) is 90.6 Å². The molecule has 2 fully saturated rings. The third kappa shape index (κ3) is 4.90. The van der Waals surface area contributed by atoms with Gasteiger partial charge in [0.1, 0.15) is 6.10 Å². The Morgan fingerprint density at radius 3 is 2.27 bits per heavy atom. The summed E-state index contributed by atoms with van der Waals surface area (Å²) in [6.45, 7) is 4.53. The van der Waals surface area contributed by atoms with E-state index in [2.05, 4.69) is 38.1 Å². The molecule has 2 heteroatoms. The van der Waals surface area contributed by atoms with E-state index >= 15 is 0 Å². The van der Waals surface area contributed by atoms with E-state index in [1.54, 1.807) is 0 Å². The van der Waals surface area contributed by atoms with Crippen LogP contribution in [-0.4, -0.2) is 5.97 Å². The molecular weight excluding hydrogens is 320 g/mol. The molecule has 1 aliphatic heterocycles. The van der Waals surface area contributed by atoms with Crippen molar-refractivity contribution in [3.05, 3.63) is 35.4 Å². The number of ether oxygens (including phenoxy) is 1. The minimum atomic E-state index is -0.0320. The standard InChI is InChI=1S/C24H36O2/c1-3-5-6-7-19-10-14-21(15-11-19)23-17-16-22(24(25)26-23)20-12-8-18(4-2)9-13-20/h10-11,14-15,18,20,22-23H,3-9,12-13,16-17H2,1-2H3. The molecule has 1 saturated carbocycles. The first-order valence-electron chi connectivity index (χ1n) is 11.0. The molecule has 0 bridgehead atoms. The number of hydrogen-bond donors (Lipinski definition) is 0. The van der Waals surface area contributed by atoms with Crippen molar-refractivity contribution in [1.82, 2.24) is 0 Å². The molecule has 1 heterocycles. The monoisotopic (exact) mass is 356 g/mol. The van der Waals surface area contributed by atoms with Crippen LogP contribution in [0.4, 0.5) is 0 Å². The molecule has 2 nitrogen and oxygen atoms in total. The fraction of sp³-hybridized carbons (Fsp3) is 0.708. The van der Waals surface area contributed by atoms with Crippen molar-refractivity contribution < 1.29 is 9.53 Å². The topological polar surface area (TPSA) is 26.3 Å². The number of esters is 1. The van der Waals surface area contributed by atoms with E-state index in [-0.39, 0.29) is 18.0 Å². The number of benzene rings is 1. The number of hydrogen-bond acceptors (Lipinski definition) is 2. The lowest BCUT2D eigenvalue weighted by atomic mass is 9.73. The Morgan fingerprint density at radius 1 is 0.923 bits per heavy atom. The number of unbranched alkanes of at least 4 members (excludes halogenated alkanes) is 2. The molecule has 0 aromatic heterocycles. The average molecular weight is 357 g/mol. The third-order valence-electron chi connectivity index (χ3n) is 6.76. The minimum Gasteiger partial charge on any atom is -0.457 e. The summed E-state index contributed by atoms with van der Waals surface area (Å²) in [5.74, 6) is 1.66. The van der Waals surface area contributed by atoms with Crippen molar-refractivity contribution in [2.75, 3.05) is 0 Å². The molecule has 0 amide bonds. The van der Waals surface area contributed by atoms with Gasteiger partial charge in [0.2, 0.25) is 0 Å². The van der Waals surface area contributed by atoms with Crippen molar-refractivity contribution in [2.24, 2.45) is 17.8 Å². The van der Waals surface area contributed by atoms with E-state index in [9.17, 15) is 4.79 Å². The first-order valence-corrected chi connectivity index (χ1v) is 11.0. The van der Waals surface area contributed by atoms with Gasteiger partial charge in [-0.25, -0.2) is 0 Å². The van der Waals surface area contributed by atoms with Crippen LogP contribution in [-0.2, 0) is 16.0 Å². The zero-order valence-electron chi connectivity index (χ0n) is 16.7. The van der Waals surface area contributed by atoms with Gasteiger partial charge in [-0.1, -0.05) is 70.2 Å². The second-order valence-corrected chi connectivity index (χ2v) is 8.50. The highest BCUT2D eigenvalue weighted by molar-refractivity contribution is 5.74. The van der Waals surface area contributed by atoms with Crippen LogP contribution in [0.5, 0.6) is 0 Å². The molecule has 1 aromatic carbocycles. The van der Waals surface area contributed by atoms with Gasteiger partial charge in [-0.15, -0.1) is 0 Å². The van der Waals surface area contributed by atoms with Gasteiger partial charge in [-0.05, 0) is 61.5 Å². The highest BCUT2D eigenvalue weighted by Crippen LogP contribution is 2.41. The van der Waals surface area contributed by atoms with Gasteiger partial charge in [0.05, 0.1) is 5.92 Å². The largest absolute Gasteiger partial charge is 0.457 e. The van der Waals surface area contributed by atoms with Crippen LogP contribution in [0.15, 0.2) is 24.3 Å². The van der Waals surface area contributed by atoms with Gasteiger partial charge in [-0.2, -0.15) is 0 Å². The van der Waals surface area contributed by atoms with Crippen LogP contribution in [0.2, 0.25) is 0 Å². The van der Waals surface area contributed by atoms with Gasteiger partial charge in [0.15, 0.2) is 0 Å². The Kier molecular flexibility index (Phi) is 7.16. The Bertz CT molecular complexity index is 554. The van der Waals surface area contributed by atoms with Gasteiger partial charge in [-0.3, -0.25) is 4.79 Å². The van der Waals surface area contributed by atoms with Gasteiger partial charge in [0.25, 0.3) is 0 Å². The zero-order valence-corrected chi connectivity index (χ0v) is 16.7. The number of cyclic esters (lactones) is 1. The van der Waals surface area contributed by atoms with Gasteiger partial charge >= 0.3 is 5.97 Å². The quantitative estimate of drug-likeness (QED) is 0.405. The molecule has 0 radical (unpaired) electrons. The van der Waals surface area contributed by atoms with Crippen LogP contribution in [0, 0.1) is 17.8 Å². The summed E-state index contributed by atoms with van der Waals surface area (Å²) in [7, 11) is 0. The molecule has 144 valence electrons. The molecule has 1 aliphatic carbocycles. The lowest BCUT2D eigenvalue weighted by Crippen LogP contribution is -2.34. The van der Waals surface area contributed by atoms with E-state index < -0.39 is 0 Å². The summed E-state index contributed by atoms with van der Waals surface area (Å²) in [6, 6.07) is 8.78. The highest BCUT2D eigenvalue weighted by Gasteiger charge is 2.37. The maximum Gasteiger partial charge on any atom is 0.309 e. The van der Waals surface area contributed by atoms with Crippen molar-refractivity contribution in [3.8, 4) is 0 Å². The maximum absolute atomic E-state index is 12.6. The first-order chi connectivity index (χ1) is 12.7.